The normalized spacial score (nSPS) is 15.9. The van der Waals surface area contributed by atoms with E-state index in [2.05, 4.69) is 43.9 Å². The van der Waals surface area contributed by atoms with Crippen molar-refractivity contribution in [2.45, 2.75) is 33.9 Å². The van der Waals surface area contributed by atoms with Gasteiger partial charge in [-0.15, -0.1) is 0 Å². The van der Waals surface area contributed by atoms with Gasteiger partial charge in [-0.3, -0.25) is 13.9 Å². The highest BCUT2D eigenvalue weighted by Crippen LogP contribution is 2.33. The summed E-state index contributed by atoms with van der Waals surface area (Å²) in [5, 5.41) is 0. The third kappa shape index (κ3) is 3.16. The highest BCUT2D eigenvalue weighted by molar-refractivity contribution is 5.77. The Kier molecular flexibility index (Phi) is 4.77. The van der Waals surface area contributed by atoms with Crippen molar-refractivity contribution in [3.63, 3.8) is 0 Å². The van der Waals surface area contributed by atoms with Gasteiger partial charge in [0.15, 0.2) is 11.2 Å². The van der Waals surface area contributed by atoms with Crippen molar-refractivity contribution in [1.82, 2.24) is 18.7 Å². The summed E-state index contributed by atoms with van der Waals surface area (Å²) in [4.78, 5) is 33.6. The molecule has 1 aliphatic heterocycles. The second kappa shape index (κ2) is 7.51. The lowest BCUT2D eigenvalue weighted by molar-refractivity contribution is 0.458. The molecule has 5 rings (SSSR count). The molecule has 2 aromatic carbocycles. The summed E-state index contributed by atoms with van der Waals surface area (Å²) in [6.45, 7) is 8.09. The topological polar surface area (TPSA) is 65.1 Å². The molecule has 0 N–H and O–H groups in total. The molecule has 0 radical (unpaired) electrons. The average molecular weight is 430 g/mol. The summed E-state index contributed by atoms with van der Waals surface area (Å²) >= 11 is 0. The number of imidazole rings is 1. The first-order valence-corrected chi connectivity index (χ1v) is 10.9. The molecule has 0 fully saturated rings. The summed E-state index contributed by atoms with van der Waals surface area (Å²) in [5.74, 6) is 1.03. The lowest BCUT2D eigenvalue weighted by Gasteiger charge is -2.33. The number of aryl methyl sites for hydroxylation is 3. The van der Waals surface area contributed by atoms with Crippen molar-refractivity contribution in [3.05, 3.63) is 86.1 Å². The quantitative estimate of drug-likeness (QED) is 0.501. The lowest BCUT2D eigenvalue weighted by Crippen LogP contribution is -2.40. The average Bonchev–Trinajstić information content (AvgIpc) is 3.17. The van der Waals surface area contributed by atoms with Gasteiger partial charge in [0, 0.05) is 25.8 Å². The Bertz CT molecular complexity index is 1450. The largest absolute Gasteiger partial charge is 0.332 e. The Labute approximate surface area is 186 Å². The van der Waals surface area contributed by atoms with Gasteiger partial charge in [0.25, 0.3) is 5.56 Å². The van der Waals surface area contributed by atoms with Crippen LogP contribution >= 0.6 is 0 Å². The molecular formula is C25H27N5O2. The van der Waals surface area contributed by atoms with Gasteiger partial charge in [0.2, 0.25) is 5.95 Å². The fraction of sp³-hybridized carbons (Fsp3) is 0.320. The molecule has 7 nitrogen and oxygen atoms in total. The molecule has 0 saturated heterocycles. The van der Waals surface area contributed by atoms with Crippen molar-refractivity contribution >= 4 is 22.8 Å². The van der Waals surface area contributed by atoms with Crippen LogP contribution in [-0.2, 0) is 20.1 Å². The van der Waals surface area contributed by atoms with Gasteiger partial charge in [-0.2, -0.15) is 4.98 Å². The molecule has 0 unspecified atom stereocenters. The number of fused-ring (bicyclic) bond motifs is 3. The standard InChI is InChI=1S/C25H27N5O2/c1-16-13-28(20-11-10-17(2)18(3)12-20)24-26-22-21(29(24)14-16)23(31)30(25(32)27(22)4)15-19-8-6-5-7-9-19/h5-12,16H,13-15H2,1-4H3/t16-/m0/s1. The second-order valence-electron chi connectivity index (χ2n) is 8.90. The van der Waals surface area contributed by atoms with Crippen molar-refractivity contribution in [2.24, 2.45) is 13.0 Å². The number of hydrogen-bond acceptors (Lipinski definition) is 4. The van der Waals surface area contributed by atoms with E-state index in [4.69, 9.17) is 4.98 Å². The van der Waals surface area contributed by atoms with Crippen LogP contribution in [0.15, 0.2) is 58.1 Å². The number of aromatic nitrogens is 4. The van der Waals surface area contributed by atoms with Gasteiger partial charge in [0.1, 0.15) is 0 Å². The molecule has 164 valence electrons. The molecule has 0 aliphatic carbocycles. The van der Waals surface area contributed by atoms with Gasteiger partial charge in [0.05, 0.1) is 6.54 Å². The summed E-state index contributed by atoms with van der Waals surface area (Å²) in [6.07, 6.45) is 0. The van der Waals surface area contributed by atoms with Gasteiger partial charge in [-0.05, 0) is 48.6 Å². The molecule has 0 bridgehead atoms. The van der Waals surface area contributed by atoms with Crippen LogP contribution in [0.25, 0.3) is 11.2 Å². The van der Waals surface area contributed by atoms with Crippen LogP contribution in [0.1, 0.15) is 23.6 Å². The van der Waals surface area contributed by atoms with E-state index in [1.807, 2.05) is 34.9 Å². The number of anilines is 2. The fourth-order valence-electron chi connectivity index (χ4n) is 4.52. The van der Waals surface area contributed by atoms with Crippen molar-refractivity contribution in [3.8, 4) is 0 Å². The van der Waals surface area contributed by atoms with E-state index in [-0.39, 0.29) is 17.8 Å². The molecule has 32 heavy (non-hydrogen) atoms. The summed E-state index contributed by atoms with van der Waals surface area (Å²) in [6, 6.07) is 15.9. The Balaban J connectivity index is 1.73. The molecule has 0 amide bonds. The first kappa shape index (κ1) is 20.3. The molecule has 7 heteroatoms. The third-order valence-corrected chi connectivity index (χ3v) is 6.43. The maximum absolute atomic E-state index is 13.6. The monoisotopic (exact) mass is 429 g/mol. The predicted molar refractivity (Wildman–Crippen MR) is 127 cm³/mol. The molecule has 4 aromatic rings. The molecular weight excluding hydrogens is 402 g/mol. The third-order valence-electron chi connectivity index (χ3n) is 6.43. The zero-order chi connectivity index (χ0) is 22.6. The number of rotatable bonds is 3. The molecule has 1 aliphatic rings. The van der Waals surface area contributed by atoms with E-state index in [9.17, 15) is 9.59 Å². The number of hydrogen-bond donors (Lipinski definition) is 0. The summed E-state index contributed by atoms with van der Waals surface area (Å²) < 4.78 is 4.79. The smallest absolute Gasteiger partial charge is 0.312 e. The van der Waals surface area contributed by atoms with E-state index >= 15 is 0 Å². The highest BCUT2D eigenvalue weighted by Gasteiger charge is 2.30. The Morgan fingerprint density at radius 3 is 2.47 bits per heavy atom. The van der Waals surface area contributed by atoms with Gasteiger partial charge < -0.3 is 9.47 Å². The molecule has 1 atom stereocenters. The fourth-order valence-corrected chi connectivity index (χ4v) is 4.52. The van der Waals surface area contributed by atoms with E-state index < -0.39 is 0 Å². The van der Waals surface area contributed by atoms with Crippen LogP contribution in [0.4, 0.5) is 11.6 Å². The minimum absolute atomic E-state index is 0.235. The Morgan fingerprint density at radius 1 is 1.00 bits per heavy atom. The van der Waals surface area contributed by atoms with Crippen LogP contribution in [0.2, 0.25) is 0 Å². The summed E-state index contributed by atoms with van der Waals surface area (Å²) in [7, 11) is 1.69. The number of nitrogens with zero attached hydrogens (tertiary/aromatic N) is 5. The first-order valence-electron chi connectivity index (χ1n) is 10.9. The lowest BCUT2D eigenvalue weighted by atomic mass is 10.1. The zero-order valence-corrected chi connectivity index (χ0v) is 18.9. The van der Waals surface area contributed by atoms with E-state index in [0.29, 0.717) is 29.6 Å². The zero-order valence-electron chi connectivity index (χ0n) is 18.9. The maximum atomic E-state index is 13.6. The predicted octanol–water partition coefficient (Wildman–Crippen LogP) is 3.35. The highest BCUT2D eigenvalue weighted by atomic mass is 16.2. The van der Waals surface area contributed by atoms with Crippen LogP contribution in [0.5, 0.6) is 0 Å². The molecule has 0 spiro atoms. The van der Waals surface area contributed by atoms with E-state index in [0.717, 1.165) is 17.8 Å². The van der Waals surface area contributed by atoms with E-state index in [1.54, 1.807) is 7.05 Å². The minimum Gasteiger partial charge on any atom is -0.312 e. The van der Waals surface area contributed by atoms with Crippen LogP contribution in [-0.4, -0.2) is 25.2 Å². The Hall–Kier alpha value is -3.61. The first-order chi connectivity index (χ1) is 15.3. The SMILES string of the molecule is Cc1ccc(N2C[C@H](C)Cn3c2nc2c3c(=O)n(Cc3ccccc3)c(=O)n2C)cc1C. The number of benzene rings is 2. The molecule has 2 aromatic heterocycles. The van der Waals surface area contributed by atoms with Crippen LogP contribution < -0.4 is 16.1 Å². The maximum Gasteiger partial charge on any atom is 0.332 e. The van der Waals surface area contributed by atoms with Gasteiger partial charge in [-0.1, -0.05) is 43.3 Å². The molecule has 3 heterocycles. The van der Waals surface area contributed by atoms with Gasteiger partial charge in [-0.25, -0.2) is 4.79 Å². The van der Waals surface area contributed by atoms with Crippen molar-refractivity contribution < 1.29 is 0 Å². The molecule has 0 saturated carbocycles. The van der Waals surface area contributed by atoms with Crippen LogP contribution in [0, 0.1) is 19.8 Å². The van der Waals surface area contributed by atoms with Crippen LogP contribution in [0.3, 0.4) is 0 Å². The summed E-state index contributed by atoms with van der Waals surface area (Å²) in [5.41, 5.74) is 4.67. The van der Waals surface area contributed by atoms with Crippen molar-refractivity contribution in [2.75, 3.05) is 11.4 Å². The Morgan fingerprint density at radius 2 is 1.75 bits per heavy atom. The minimum atomic E-state index is -0.354. The van der Waals surface area contributed by atoms with Gasteiger partial charge >= 0.3 is 5.69 Å². The van der Waals surface area contributed by atoms with Crippen molar-refractivity contribution in [1.29, 1.82) is 0 Å². The van der Waals surface area contributed by atoms with E-state index in [1.165, 1.54) is 20.3 Å². The second-order valence-corrected chi connectivity index (χ2v) is 8.90.